The average molecular weight is 154 g/mol. The molecule has 0 bridgehead atoms. The van der Waals surface area contributed by atoms with Crippen molar-refractivity contribution in [3.63, 3.8) is 0 Å². The standard InChI is InChI=1S/C10H18O/c1-8-5-6-9-4-2-3-7-10(8,9)11/h8-9,11H,2-7H2,1H3/t8-,9?,10-/m0/s1. The Hall–Kier alpha value is -0.0400. The SMILES string of the molecule is C[C@H]1CCC2CCCC[C@@]21O. The Morgan fingerprint density at radius 2 is 2.00 bits per heavy atom. The van der Waals surface area contributed by atoms with E-state index in [0.717, 1.165) is 6.42 Å². The fourth-order valence-corrected chi connectivity index (χ4v) is 3.00. The summed E-state index contributed by atoms with van der Waals surface area (Å²) in [4.78, 5) is 0. The maximum absolute atomic E-state index is 10.3. The summed E-state index contributed by atoms with van der Waals surface area (Å²) in [6, 6.07) is 0. The highest BCUT2D eigenvalue weighted by Gasteiger charge is 2.47. The monoisotopic (exact) mass is 154 g/mol. The van der Waals surface area contributed by atoms with E-state index < -0.39 is 0 Å². The second-order valence-electron chi connectivity index (χ2n) is 4.41. The van der Waals surface area contributed by atoms with E-state index in [2.05, 4.69) is 6.92 Å². The minimum Gasteiger partial charge on any atom is -0.389 e. The minimum absolute atomic E-state index is 0.252. The van der Waals surface area contributed by atoms with Gasteiger partial charge in [-0.15, -0.1) is 0 Å². The van der Waals surface area contributed by atoms with Crippen LogP contribution in [0, 0.1) is 11.8 Å². The summed E-state index contributed by atoms with van der Waals surface area (Å²) < 4.78 is 0. The van der Waals surface area contributed by atoms with Gasteiger partial charge in [0.25, 0.3) is 0 Å². The molecule has 0 saturated heterocycles. The highest BCUT2D eigenvalue weighted by atomic mass is 16.3. The van der Waals surface area contributed by atoms with Crippen molar-refractivity contribution in [3.8, 4) is 0 Å². The van der Waals surface area contributed by atoms with Crippen LogP contribution in [0.3, 0.4) is 0 Å². The van der Waals surface area contributed by atoms with E-state index in [0.29, 0.717) is 11.8 Å². The lowest BCUT2D eigenvalue weighted by Crippen LogP contribution is -2.40. The van der Waals surface area contributed by atoms with Gasteiger partial charge in [-0.05, 0) is 37.5 Å². The van der Waals surface area contributed by atoms with E-state index in [1.807, 2.05) is 0 Å². The predicted octanol–water partition coefficient (Wildman–Crippen LogP) is 2.34. The van der Waals surface area contributed by atoms with Gasteiger partial charge in [-0.2, -0.15) is 0 Å². The second kappa shape index (κ2) is 2.48. The van der Waals surface area contributed by atoms with Crippen molar-refractivity contribution in [2.45, 2.75) is 51.0 Å². The number of fused-ring (bicyclic) bond motifs is 1. The van der Waals surface area contributed by atoms with Crippen molar-refractivity contribution < 1.29 is 5.11 Å². The summed E-state index contributed by atoms with van der Waals surface area (Å²) in [5, 5.41) is 10.3. The first-order valence-electron chi connectivity index (χ1n) is 4.96. The van der Waals surface area contributed by atoms with Gasteiger partial charge in [0.05, 0.1) is 5.60 Å². The Morgan fingerprint density at radius 3 is 2.73 bits per heavy atom. The molecular weight excluding hydrogens is 136 g/mol. The Labute approximate surface area is 68.8 Å². The third-order valence-corrected chi connectivity index (χ3v) is 3.89. The first-order chi connectivity index (χ1) is 5.23. The minimum atomic E-state index is -0.252. The lowest BCUT2D eigenvalue weighted by molar-refractivity contribution is -0.0571. The third-order valence-electron chi connectivity index (χ3n) is 3.89. The molecule has 0 aliphatic heterocycles. The van der Waals surface area contributed by atoms with Crippen LogP contribution in [-0.4, -0.2) is 10.7 Å². The molecule has 0 amide bonds. The van der Waals surface area contributed by atoms with Crippen LogP contribution in [0.25, 0.3) is 0 Å². The molecule has 2 aliphatic carbocycles. The molecule has 0 spiro atoms. The number of aliphatic hydroxyl groups is 1. The molecule has 2 rings (SSSR count). The van der Waals surface area contributed by atoms with Crippen molar-refractivity contribution in [1.82, 2.24) is 0 Å². The van der Waals surface area contributed by atoms with Gasteiger partial charge in [0.2, 0.25) is 0 Å². The van der Waals surface area contributed by atoms with E-state index >= 15 is 0 Å². The summed E-state index contributed by atoms with van der Waals surface area (Å²) in [6.45, 7) is 2.21. The van der Waals surface area contributed by atoms with E-state index in [4.69, 9.17) is 0 Å². The van der Waals surface area contributed by atoms with Gasteiger partial charge in [-0.25, -0.2) is 0 Å². The molecule has 2 fully saturated rings. The molecule has 0 heterocycles. The molecule has 64 valence electrons. The lowest BCUT2D eigenvalue weighted by atomic mass is 9.74. The number of hydrogen-bond donors (Lipinski definition) is 1. The summed E-state index contributed by atoms with van der Waals surface area (Å²) in [5.41, 5.74) is -0.252. The van der Waals surface area contributed by atoms with E-state index in [-0.39, 0.29) is 5.60 Å². The van der Waals surface area contributed by atoms with Gasteiger partial charge in [-0.1, -0.05) is 19.8 Å². The molecule has 0 radical (unpaired) electrons. The van der Waals surface area contributed by atoms with Gasteiger partial charge in [0, 0.05) is 0 Å². The molecule has 0 aromatic rings. The van der Waals surface area contributed by atoms with Gasteiger partial charge < -0.3 is 5.11 Å². The van der Waals surface area contributed by atoms with Crippen molar-refractivity contribution in [2.75, 3.05) is 0 Å². The third kappa shape index (κ3) is 1.01. The Kier molecular flexibility index (Phi) is 1.71. The number of hydrogen-bond acceptors (Lipinski definition) is 1. The smallest absolute Gasteiger partial charge is 0.0701 e. The lowest BCUT2D eigenvalue weighted by Gasteiger charge is -2.37. The molecule has 2 saturated carbocycles. The van der Waals surface area contributed by atoms with Crippen molar-refractivity contribution in [1.29, 1.82) is 0 Å². The molecule has 1 unspecified atom stereocenters. The predicted molar refractivity (Wildman–Crippen MR) is 45.3 cm³/mol. The van der Waals surface area contributed by atoms with Gasteiger partial charge in [0.15, 0.2) is 0 Å². The van der Waals surface area contributed by atoms with E-state index in [1.54, 1.807) is 0 Å². The fraction of sp³-hybridized carbons (Fsp3) is 1.00. The molecule has 11 heavy (non-hydrogen) atoms. The Balaban J connectivity index is 2.16. The highest BCUT2D eigenvalue weighted by molar-refractivity contribution is 4.98. The fourth-order valence-electron chi connectivity index (χ4n) is 3.00. The van der Waals surface area contributed by atoms with Gasteiger partial charge in [-0.3, -0.25) is 0 Å². The zero-order valence-corrected chi connectivity index (χ0v) is 7.34. The van der Waals surface area contributed by atoms with Crippen LogP contribution in [0.2, 0.25) is 0 Å². The topological polar surface area (TPSA) is 20.2 Å². The van der Waals surface area contributed by atoms with Crippen molar-refractivity contribution >= 4 is 0 Å². The van der Waals surface area contributed by atoms with Crippen LogP contribution < -0.4 is 0 Å². The van der Waals surface area contributed by atoms with Crippen LogP contribution in [0.15, 0.2) is 0 Å². The highest BCUT2D eigenvalue weighted by Crippen LogP contribution is 2.48. The van der Waals surface area contributed by atoms with Gasteiger partial charge in [0.1, 0.15) is 0 Å². The zero-order chi connectivity index (χ0) is 7.90. The molecule has 2 aliphatic rings. The Bertz CT molecular complexity index is 153. The molecule has 3 atom stereocenters. The second-order valence-corrected chi connectivity index (χ2v) is 4.41. The molecule has 0 aromatic carbocycles. The van der Waals surface area contributed by atoms with Crippen LogP contribution >= 0.6 is 0 Å². The molecular formula is C10H18O. The zero-order valence-electron chi connectivity index (χ0n) is 7.34. The van der Waals surface area contributed by atoms with Crippen LogP contribution in [0.5, 0.6) is 0 Å². The largest absolute Gasteiger partial charge is 0.389 e. The molecule has 1 N–H and O–H groups in total. The molecule has 0 aromatic heterocycles. The van der Waals surface area contributed by atoms with Gasteiger partial charge >= 0.3 is 0 Å². The molecule has 1 nitrogen and oxygen atoms in total. The van der Waals surface area contributed by atoms with Crippen molar-refractivity contribution in [2.24, 2.45) is 11.8 Å². The summed E-state index contributed by atoms with van der Waals surface area (Å²) in [6.07, 6.45) is 7.47. The van der Waals surface area contributed by atoms with Crippen LogP contribution in [0.1, 0.15) is 45.4 Å². The van der Waals surface area contributed by atoms with Crippen molar-refractivity contribution in [3.05, 3.63) is 0 Å². The van der Waals surface area contributed by atoms with Crippen LogP contribution in [0.4, 0.5) is 0 Å². The first-order valence-corrected chi connectivity index (χ1v) is 4.96. The first kappa shape index (κ1) is 7.60. The summed E-state index contributed by atoms with van der Waals surface area (Å²) >= 11 is 0. The average Bonchev–Trinajstić information content (AvgIpc) is 2.29. The summed E-state index contributed by atoms with van der Waals surface area (Å²) in [5.74, 6) is 1.21. The number of rotatable bonds is 0. The Morgan fingerprint density at radius 1 is 1.18 bits per heavy atom. The van der Waals surface area contributed by atoms with Crippen LogP contribution in [-0.2, 0) is 0 Å². The van der Waals surface area contributed by atoms with E-state index in [9.17, 15) is 5.11 Å². The summed E-state index contributed by atoms with van der Waals surface area (Å²) in [7, 11) is 0. The normalized spacial score (nSPS) is 50.7. The molecule has 1 heteroatoms. The quantitative estimate of drug-likeness (QED) is 0.568. The maximum Gasteiger partial charge on any atom is 0.0701 e. The maximum atomic E-state index is 10.3. The van der Waals surface area contributed by atoms with E-state index in [1.165, 1.54) is 32.1 Å².